The maximum absolute atomic E-state index is 13.7. The molecule has 1 aromatic rings. The molecule has 1 spiro atoms. The number of rotatable bonds is 8. The van der Waals surface area contributed by atoms with Crippen molar-refractivity contribution in [2.24, 2.45) is 0 Å². The van der Waals surface area contributed by atoms with Crippen LogP contribution in [0.15, 0.2) is 24.0 Å². The molecule has 1 aromatic carbocycles. The monoisotopic (exact) mass is 531 g/mol. The van der Waals surface area contributed by atoms with E-state index in [2.05, 4.69) is 11.0 Å². The van der Waals surface area contributed by atoms with Crippen molar-refractivity contribution in [3.05, 3.63) is 35.1 Å². The van der Waals surface area contributed by atoms with Crippen molar-refractivity contribution in [2.75, 3.05) is 34.1 Å². The largest absolute Gasteiger partial charge is 0.497 e. The number of hydrogen-bond acceptors (Lipinski definition) is 10. The Balaban J connectivity index is 1.53. The minimum absolute atomic E-state index is 0.0701. The number of carbonyl (C=O) groups excluding carboxylic acids is 2. The number of ether oxygens (including phenoxy) is 5. The minimum atomic E-state index is -2.18. The van der Waals surface area contributed by atoms with Crippen molar-refractivity contribution in [1.82, 2.24) is 4.90 Å². The van der Waals surface area contributed by atoms with Crippen LogP contribution < -0.4 is 9.47 Å². The maximum Gasteiger partial charge on any atom is 0.339 e. The molecule has 3 aliphatic heterocycles. The highest BCUT2D eigenvalue weighted by atomic mass is 16.7. The first-order chi connectivity index (χ1) is 18.0. The molecule has 0 radical (unpaired) electrons. The highest BCUT2D eigenvalue weighted by Crippen LogP contribution is 2.55. The second-order valence-corrected chi connectivity index (χ2v) is 11.4. The summed E-state index contributed by atoms with van der Waals surface area (Å²) < 4.78 is 28.0. The number of esters is 2. The Labute approximate surface area is 222 Å². The summed E-state index contributed by atoms with van der Waals surface area (Å²) in [6, 6.07) is 3.99. The van der Waals surface area contributed by atoms with Crippen molar-refractivity contribution >= 4 is 11.9 Å². The molecule has 0 unspecified atom stereocenters. The molecule has 1 saturated heterocycles. The van der Waals surface area contributed by atoms with E-state index >= 15 is 0 Å². The van der Waals surface area contributed by atoms with Gasteiger partial charge in [-0.25, -0.2) is 4.79 Å². The molecular formula is C28H37NO9. The Kier molecular flexibility index (Phi) is 6.86. The first-order valence-corrected chi connectivity index (χ1v) is 13.2. The van der Waals surface area contributed by atoms with Crippen LogP contribution in [0.2, 0.25) is 0 Å². The van der Waals surface area contributed by atoms with Crippen molar-refractivity contribution in [3.8, 4) is 11.5 Å². The van der Waals surface area contributed by atoms with Gasteiger partial charge in [0.2, 0.25) is 6.79 Å². The highest BCUT2D eigenvalue weighted by molar-refractivity contribution is 5.86. The molecule has 2 N–H and O–H groups in total. The van der Waals surface area contributed by atoms with Gasteiger partial charge in [0.05, 0.1) is 37.7 Å². The summed E-state index contributed by atoms with van der Waals surface area (Å²) in [6.45, 7) is 5.04. The van der Waals surface area contributed by atoms with E-state index in [1.165, 1.54) is 7.11 Å². The zero-order valence-electron chi connectivity index (χ0n) is 22.5. The van der Waals surface area contributed by atoms with Gasteiger partial charge in [0.15, 0.2) is 23.2 Å². The number of hydrogen-bond donors (Lipinski definition) is 2. The SMILES string of the molecule is COC(=O)C[C@](O)(CCC(C)(C)O)C(=O)O[C@@H]1C(OC)=C[C@]23CCCN2CCc2cc4c(cc2[C@@H]13)OCO4. The van der Waals surface area contributed by atoms with Gasteiger partial charge in [0.1, 0.15) is 5.76 Å². The Morgan fingerprint density at radius 1 is 1.13 bits per heavy atom. The number of aliphatic hydroxyl groups is 2. The van der Waals surface area contributed by atoms with Crippen LogP contribution >= 0.6 is 0 Å². The Morgan fingerprint density at radius 2 is 1.87 bits per heavy atom. The third-order valence-electron chi connectivity index (χ3n) is 8.39. The molecule has 1 aliphatic carbocycles. The van der Waals surface area contributed by atoms with E-state index in [1.807, 2.05) is 12.1 Å². The van der Waals surface area contributed by atoms with E-state index < -0.39 is 41.2 Å². The molecule has 0 amide bonds. The van der Waals surface area contributed by atoms with E-state index in [0.717, 1.165) is 43.5 Å². The molecule has 3 heterocycles. The molecule has 0 saturated carbocycles. The van der Waals surface area contributed by atoms with Gasteiger partial charge in [-0.05, 0) is 81.8 Å². The second kappa shape index (κ2) is 9.73. The van der Waals surface area contributed by atoms with Gasteiger partial charge in [-0.3, -0.25) is 9.69 Å². The zero-order chi connectivity index (χ0) is 27.3. The van der Waals surface area contributed by atoms with Crippen LogP contribution in [0.3, 0.4) is 0 Å². The number of fused-ring (bicyclic) bond motifs is 3. The van der Waals surface area contributed by atoms with Gasteiger partial charge >= 0.3 is 11.9 Å². The fraction of sp³-hybridized carbons (Fsp3) is 0.643. The molecule has 10 nitrogen and oxygen atoms in total. The van der Waals surface area contributed by atoms with Gasteiger partial charge in [-0.2, -0.15) is 0 Å². The maximum atomic E-state index is 13.7. The topological polar surface area (TPSA) is 124 Å². The summed E-state index contributed by atoms with van der Waals surface area (Å²) in [5.74, 6) is -0.163. The number of benzene rings is 1. The first-order valence-electron chi connectivity index (χ1n) is 13.2. The van der Waals surface area contributed by atoms with E-state index in [-0.39, 0.29) is 25.6 Å². The standard InChI is InChI=1S/C28H37NO9/c1-26(2,32)8-9-28(33,15-22(30)35-4)25(31)38-24-21(34-3)14-27-7-5-10-29(27)11-6-17-12-19-20(37-16-36-19)13-18(17)23(24)27/h12-14,23-24,32-33H,5-11,15-16H2,1-4H3/t23-,24+,27-,28+/m0/s1. The van der Waals surface area contributed by atoms with Crippen molar-refractivity contribution in [2.45, 2.75) is 81.1 Å². The third kappa shape index (κ3) is 4.63. The van der Waals surface area contributed by atoms with E-state index in [1.54, 1.807) is 21.0 Å². The minimum Gasteiger partial charge on any atom is -0.497 e. The second-order valence-electron chi connectivity index (χ2n) is 11.4. The van der Waals surface area contributed by atoms with Crippen LogP contribution in [0.25, 0.3) is 0 Å². The average molecular weight is 532 g/mol. The lowest BCUT2D eigenvalue weighted by atomic mass is 9.77. The van der Waals surface area contributed by atoms with E-state index in [0.29, 0.717) is 17.3 Å². The number of methoxy groups -OCH3 is 2. The van der Waals surface area contributed by atoms with Gasteiger partial charge in [0, 0.05) is 6.54 Å². The van der Waals surface area contributed by atoms with Crippen molar-refractivity contribution in [3.63, 3.8) is 0 Å². The normalized spacial score (nSPS) is 27.4. The smallest absolute Gasteiger partial charge is 0.339 e. The van der Waals surface area contributed by atoms with Crippen molar-refractivity contribution < 1.29 is 43.5 Å². The predicted molar refractivity (Wildman–Crippen MR) is 135 cm³/mol. The molecule has 4 atom stereocenters. The van der Waals surface area contributed by atoms with Crippen LogP contribution in [-0.4, -0.2) is 84.0 Å². The lowest BCUT2D eigenvalue weighted by molar-refractivity contribution is -0.179. The van der Waals surface area contributed by atoms with Crippen LogP contribution in [0.1, 0.15) is 63.0 Å². The molecule has 10 heteroatoms. The van der Waals surface area contributed by atoms with Crippen LogP contribution in [0, 0.1) is 0 Å². The summed E-state index contributed by atoms with van der Waals surface area (Å²) in [6.07, 6.45) is 3.18. The summed E-state index contributed by atoms with van der Waals surface area (Å²) in [5, 5.41) is 21.7. The molecule has 4 aliphatic rings. The molecule has 0 bridgehead atoms. The van der Waals surface area contributed by atoms with E-state index in [4.69, 9.17) is 23.7 Å². The van der Waals surface area contributed by atoms with Crippen LogP contribution in [-0.2, 0) is 30.2 Å². The van der Waals surface area contributed by atoms with E-state index in [9.17, 15) is 19.8 Å². The molecular weight excluding hydrogens is 494 g/mol. The fourth-order valence-corrected chi connectivity index (χ4v) is 6.41. The molecule has 1 fully saturated rings. The highest BCUT2D eigenvalue weighted by Gasteiger charge is 2.59. The lowest BCUT2D eigenvalue weighted by Gasteiger charge is -2.39. The lowest BCUT2D eigenvalue weighted by Crippen LogP contribution is -2.49. The number of nitrogens with zero attached hydrogens (tertiary/aromatic N) is 1. The van der Waals surface area contributed by atoms with Gasteiger partial charge in [0.25, 0.3) is 0 Å². The average Bonchev–Trinajstić information content (AvgIpc) is 3.56. The molecule has 5 rings (SSSR count). The molecule has 38 heavy (non-hydrogen) atoms. The number of carbonyl (C=O) groups is 2. The van der Waals surface area contributed by atoms with Gasteiger partial charge in [-0.15, -0.1) is 0 Å². The Bertz CT molecular complexity index is 1140. The summed E-state index contributed by atoms with van der Waals surface area (Å²) in [7, 11) is 2.74. The Morgan fingerprint density at radius 3 is 2.55 bits per heavy atom. The summed E-state index contributed by atoms with van der Waals surface area (Å²) in [5.41, 5.74) is -1.69. The quantitative estimate of drug-likeness (QED) is 0.483. The molecule has 208 valence electrons. The van der Waals surface area contributed by atoms with Gasteiger partial charge in [-0.1, -0.05) is 0 Å². The van der Waals surface area contributed by atoms with Crippen LogP contribution in [0.5, 0.6) is 11.5 Å². The predicted octanol–water partition coefficient (Wildman–Crippen LogP) is 2.19. The summed E-state index contributed by atoms with van der Waals surface area (Å²) >= 11 is 0. The summed E-state index contributed by atoms with van der Waals surface area (Å²) in [4.78, 5) is 28.3. The zero-order valence-corrected chi connectivity index (χ0v) is 22.5. The Hall–Kier alpha value is -2.82. The molecule has 0 aromatic heterocycles. The third-order valence-corrected chi connectivity index (χ3v) is 8.39. The van der Waals surface area contributed by atoms with Crippen molar-refractivity contribution in [1.29, 1.82) is 0 Å². The fourth-order valence-electron chi connectivity index (χ4n) is 6.41. The van der Waals surface area contributed by atoms with Crippen LogP contribution in [0.4, 0.5) is 0 Å². The first kappa shape index (κ1) is 26.8. The van der Waals surface area contributed by atoms with Gasteiger partial charge < -0.3 is 33.9 Å².